The van der Waals surface area contributed by atoms with E-state index in [1.54, 1.807) is 12.1 Å². The van der Waals surface area contributed by atoms with Crippen molar-refractivity contribution < 1.29 is 13.6 Å². The molecule has 0 saturated carbocycles. The number of aromatic nitrogens is 3. The molecule has 4 aromatic rings. The minimum absolute atomic E-state index is 0.185. The van der Waals surface area contributed by atoms with Crippen molar-refractivity contribution in [2.24, 2.45) is 0 Å². The van der Waals surface area contributed by atoms with E-state index in [0.717, 1.165) is 16.6 Å². The van der Waals surface area contributed by atoms with Crippen molar-refractivity contribution in [3.8, 4) is 22.4 Å². The van der Waals surface area contributed by atoms with Gasteiger partial charge in [-0.2, -0.15) is 0 Å². The molecule has 0 atom stereocenters. The number of urea groups is 1. The number of pyridine rings is 1. The summed E-state index contributed by atoms with van der Waals surface area (Å²) in [6.45, 7) is 6.51. The molecule has 0 unspecified atom stereocenters. The fraction of sp³-hybridized carbons (Fsp3) is 0.200. The molecular formula is C25H23F2N5O. The van der Waals surface area contributed by atoms with Gasteiger partial charge < -0.3 is 4.90 Å². The van der Waals surface area contributed by atoms with Crippen LogP contribution < -0.4 is 5.32 Å². The molecule has 168 valence electrons. The van der Waals surface area contributed by atoms with Crippen molar-refractivity contribution in [3.05, 3.63) is 72.2 Å². The monoisotopic (exact) mass is 447 g/mol. The van der Waals surface area contributed by atoms with Crippen molar-refractivity contribution in [3.63, 3.8) is 0 Å². The summed E-state index contributed by atoms with van der Waals surface area (Å²) in [5.74, 6) is -1.25. The third kappa shape index (κ3) is 4.50. The molecule has 0 aliphatic heterocycles. The predicted octanol–water partition coefficient (Wildman–Crippen LogP) is 5.82. The minimum Gasteiger partial charge on any atom is -0.325 e. The summed E-state index contributed by atoms with van der Waals surface area (Å²) in [6.07, 6.45) is 1.50. The highest BCUT2D eigenvalue weighted by Gasteiger charge is 2.19. The SMILES string of the molecule is CCN(CC)C(=O)Nc1nc(-c2ccc(F)cc2)c(-c2ccc3ncnc(C)c3c2)cc1F. The first-order valence-corrected chi connectivity index (χ1v) is 10.6. The molecule has 8 heteroatoms. The van der Waals surface area contributed by atoms with E-state index in [4.69, 9.17) is 0 Å². The Hall–Kier alpha value is -3.94. The quantitative estimate of drug-likeness (QED) is 0.419. The van der Waals surface area contributed by atoms with E-state index in [1.807, 2.05) is 39.0 Å². The first-order chi connectivity index (χ1) is 15.9. The second kappa shape index (κ2) is 9.28. The third-order valence-electron chi connectivity index (χ3n) is 5.52. The van der Waals surface area contributed by atoms with Crippen LogP contribution in [0.2, 0.25) is 0 Å². The largest absolute Gasteiger partial charge is 0.325 e. The lowest BCUT2D eigenvalue weighted by Gasteiger charge is -2.20. The van der Waals surface area contributed by atoms with Crippen LogP contribution >= 0.6 is 0 Å². The Morgan fingerprint density at radius 2 is 1.67 bits per heavy atom. The van der Waals surface area contributed by atoms with Crippen LogP contribution in [0.4, 0.5) is 19.4 Å². The number of aryl methyl sites for hydroxylation is 1. The van der Waals surface area contributed by atoms with Crippen LogP contribution in [0, 0.1) is 18.6 Å². The number of hydrogen-bond donors (Lipinski definition) is 1. The third-order valence-corrected chi connectivity index (χ3v) is 5.52. The molecule has 0 aliphatic carbocycles. The fourth-order valence-electron chi connectivity index (χ4n) is 3.67. The van der Waals surface area contributed by atoms with Gasteiger partial charge in [0.25, 0.3) is 0 Å². The van der Waals surface area contributed by atoms with Crippen molar-refractivity contribution in [1.82, 2.24) is 19.9 Å². The van der Waals surface area contributed by atoms with Crippen LogP contribution in [0.15, 0.2) is 54.9 Å². The van der Waals surface area contributed by atoms with Gasteiger partial charge in [0, 0.05) is 35.3 Å². The molecular weight excluding hydrogens is 424 g/mol. The van der Waals surface area contributed by atoms with Gasteiger partial charge in [-0.15, -0.1) is 0 Å². The van der Waals surface area contributed by atoms with Gasteiger partial charge in [0.1, 0.15) is 12.1 Å². The van der Waals surface area contributed by atoms with Crippen molar-refractivity contribution in [1.29, 1.82) is 0 Å². The second-order valence-corrected chi connectivity index (χ2v) is 7.52. The molecule has 2 aromatic heterocycles. The molecule has 2 amide bonds. The summed E-state index contributed by atoms with van der Waals surface area (Å²) in [5, 5.41) is 3.39. The number of carbonyl (C=O) groups is 1. The van der Waals surface area contributed by atoms with Crippen LogP contribution in [0.1, 0.15) is 19.5 Å². The van der Waals surface area contributed by atoms with Crippen LogP contribution in [0.3, 0.4) is 0 Å². The Kier molecular flexibility index (Phi) is 6.26. The van der Waals surface area contributed by atoms with Crippen LogP contribution in [0.25, 0.3) is 33.3 Å². The highest BCUT2D eigenvalue weighted by Crippen LogP contribution is 2.35. The maximum Gasteiger partial charge on any atom is 0.323 e. The van der Waals surface area contributed by atoms with Gasteiger partial charge in [0.05, 0.1) is 11.2 Å². The first kappa shape index (κ1) is 22.3. The summed E-state index contributed by atoms with van der Waals surface area (Å²) in [6, 6.07) is 12.2. The van der Waals surface area contributed by atoms with E-state index in [2.05, 4.69) is 20.3 Å². The Morgan fingerprint density at radius 1 is 0.970 bits per heavy atom. The van der Waals surface area contributed by atoms with E-state index in [9.17, 15) is 9.18 Å². The molecule has 4 rings (SSSR count). The Labute approximate surface area is 190 Å². The summed E-state index contributed by atoms with van der Waals surface area (Å²) >= 11 is 0. The number of amides is 2. The minimum atomic E-state index is -0.669. The van der Waals surface area contributed by atoms with Crippen LogP contribution in [0.5, 0.6) is 0 Å². The molecule has 2 heterocycles. The maximum absolute atomic E-state index is 15.1. The molecule has 0 aliphatic rings. The number of nitrogens with one attached hydrogen (secondary N) is 1. The van der Waals surface area contributed by atoms with Crippen LogP contribution in [-0.4, -0.2) is 39.0 Å². The highest BCUT2D eigenvalue weighted by atomic mass is 19.1. The molecule has 1 N–H and O–H groups in total. The topological polar surface area (TPSA) is 71.0 Å². The number of fused-ring (bicyclic) bond motifs is 1. The van der Waals surface area contributed by atoms with E-state index in [0.29, 0.717) is 35.5 Å². The first-order valence-electron chi connectivity index (χ1n) is 10.6. The van der Waals surface area contributed by atoms with Gasteiger partial charge >= 0.3 is 6.03 Å². The normalized spacial score (nSPS) is 10.9. The van der Waals surface area contributed by atoms with Gasteiger partial charge in [-0.3, -0.25) is 5.32 Å². The number of benzene rings is 2. The van der Waals surface area contributed by atoms with Gasteiger partial charge in [-0.05, 0) is 68.8 Å². The molecule has 0 bridgehead atoms. The van der Waals surface area contributed by atoms with Crippen molar-refractivity contribution in [2.45, 2.75) is 20.8 Å². The van der Waals surface area contributed by atoms with E-state index < -0.39 is 17.7 Å². The van der Waals surface area contributed by atoms with Gasteiger partial charge in [-0.25, -0.2) is 28.5 Å². The lowest BCUT2D eigenvalue weighted by Crippen LogP contribution is -2.35. The summed E-state index contributed by atoms with van der Waals surface area (Å²) in [7, 11) is 0. The van der Waals surface area contributed by atoms with Crippen molar-refractivity contribution in [2.75, 3.05) is 18.4 Å². The molecule has 6 nitrogen and oxygen atoms in total. The molecule has 0 fully saturated rings. The predicted molar refractivity (Wildman–Crippen MR) is 125 cm³/mol. The summed E-state index contributed by atoms with van der Waals surface area (Å²) in [5.41, 5.74) is 3.77. The number of nitrogens with zero attached hydrogens (tertiary/aromatic N) is 4. The number of rotatable bonds is 5. The summed E-state index contributed by atoms with van der Waals surface area (Å²) < 4.78 is 28.7. The molecule has 0 spiro atoms. The van der Waals surface area contributed by atoms with Gasteiger partial charge in [0.2, 0.25) is 0 Å². The van der Waals surface area contributed by atoms with Gasteiger partial charge in [-0.1, -0.05) is 6.07 Å². The molecule has 2 aromatic carbocycles. The lowest BCUT2D eigenvalue weighted by atomic mass is 9.97. The zero-order valence-electron chi connectivity index (χ0n) is 18.6. The maximum atomic E-state index is 15.1. The smallest absolute Gasteiger partial charge is 0.323 e. The molecule has 0 radical (unpaired) electrons. The number of halogens is 2. The van der Waals surface area contributed by atoms with Crippen LogP contribution in [-0.2, 0) is 0 Å². The van der Waals surface area contributed by atoms with Gasteiger partial charge in [0.15, 0.2) is 11.6 Å². The molecule has 33 heavy (non-hydrogen) atoms. The highest BCUT2D eigenvalue weighted by molar-refractivity contribution is 5.92. The average molecular weight is 447 g/mol. The number of carbonyl (C=O) groups excluding carboxylic acids is 1. The van der Waals surface area contributed by atoms with E-state index >= 15 is 4.39 Å². The van der Waals surface area contributed by atoms with Crippen molar-refractivity contribution >= 4 is 22.8 Å². The lowest BCUT2D eigenvalue weighted by molar-refractivity contribution is 0.217. The molecule has 0 saturated heterocycles. The fourth-order valence-corrected chi connectivity index (χ4v) is 3.67. The Balaban J connectivity index is 1.88. The summed E-state index contributed by atoms with van der Waals surface area (Å²) in [4.78, 5) is 27.0. The Bertz CT molecular complexity index is 1320. The number of anilines is 1. The Morgan fingerprint density at radius 3 is 2.36 bits per heavy atom. The van der Waals surface area contributed by atoms with E-state index in [-0.39, 0.29) is 5.82 Å². The van der Waals surface area contributed by atoms with E-state index in [1.165, 1.54) is 29.4 Å². The standard InChI is InChI=1S/C25H23F2N5O/c1-4-32(5-2)25(33)31-24-21(27)13-20(23(30-24)16-6-9-18(26)10-7-16)17-8-11-22-19(12-17)15(3)28-14-29-22/h6-14H,4-5H2,1-3H3,(H,30,31,33). The number of hydrogen-bond acceptors (Lipinski definition) is 4. The zero-order valence-corrected chi connectivity index (χ0v) is 18.6. The second-order valence-electron chi connectivity index (χ2n) is 7.52. The average Bonchev–Trinajstić information content (AvgIpc) is 2.82. The zero-order chi connectivity index (χ0) is 23.5.